The van der Waals surface area contributed by atoms with Crippen molar-refractivity contribution < 1.29 is 0 Å². The molecule has 0 bridgehead atoms. The summed E-state index contributed by atoms with van der Waals surface area (Å²) in [6.45, 7) is 5.23. The van der Waals surface area contributed by atoms with Gasteiger partial charge in [0.25, 0.3) is 0 Å². The van der Waals surface area contributed by atoms with E-state index in [1.54, 1.807) is 0 Å². The first-order chi connectivity index (χ1) is 8.65. The van der Waals surface area contributed by atoms with Crippen molar-refractivity contribution in [2.24, 2.45) is 7.05 Å². The lowest BCUT2D eigenvalue weighted by atomic mass is 9.98. The summed E-state index contributed by atoms with van der Waals surface area (Å²) in [6.07, 6.45) is 3.08. The Morgan fingerprint density at radius 1 is 1.28 bits per heavy atom. The molecule has 0 fully saturated rings. The Morgan fingerprint density at radius 3 is 2.67 bits per heavy atom. The normalized spacial score (nSPS) is 10.9. The minimum Gasteiger partial charge on any atom is -0.316 e. The van der Waals surface area contributed by atoms with Crippen LogP contribution in [-0.2, 0) is 20.0 Å². The summed E-state index contributed by atoms with van der Waals surface area (Å²) >= 11 is 0. The highest BCUT2D eigenvalue weighted by Gasteiger charge is 2.10. The van der Waals surface area contributed by atoms with E-state index in [0.29, 0.717) is 0 Å². The summed E-state index contributed by atoms with van der Waals surface area (Å²) in [7, 11) is 3.95. The fourth-order valence-corrected chi connectivity index (χ4v) is 2.36. The number of rotatable bonds is 4. The van der Waals surface area contributed by atoms with E-state index in [2.05, 4.69) is 48.7 Å². The number of benzene rings is 1. The van der Waals surface area contributed by atoms with E-state index in [4.69, 9.17) is 0 Å². The molecule has 2 aromatic rings. The van der Waals surface area contributed by atoms with Crippen LogP contribution < -0.4 is 5.32 Å². The minimum atomic E-state index is 0.912. The van der Waals surface area contributed by atoms with Crippen molar-refractivity contribution in [1.82, 2.24) is 15.1 Å². The van der Waals surface area contributed by atoms with E-state index in [9.17, 15) is 0 Å². The van der Waals surface area contributed by atoms with Crippen molar-refractivity contribution >= 4 is 0 Å². The lowest BCUT2D eigenvalue weighted by molar-refractivity contribution is 0.746. The Labute approximate surface area is 109 Å². The van der Waals surface area contributed by atoms with Crippen LogP contribution in [0.1, 0.15) is 23.7 Å². The molecule has 3 heteroatoms. The molecule has 0 aliphatic carbocycles. The summed E-state index contributed by atoms with van der Waals surface area (Å²) in [5.74, 6) is 0. The van der Waals surface area contributed by atoms with E-state index >= 15 is 0 Å². The van der Waals surface area contributed by atoms with Crippen LogP contribution in [0.4, 0.5) is 0 Å². The summed E-state index contributed by atoms with van der Waals surface area (Å²) in [5.41, 5.74) is 6.35. The predicted octanol–water partition coefficient (Wildman–Crippen LogP) is 2.68. The van der Waals surface area contributed by atoms with Crippen molar-refractivity contribution in [3.05, 3.63) is 41.2 Å². The molecule has 0 radical (unpaired) electrons. The maximum atomic E-state index is 4.51. The molecule has 1 N–H and O–H groups in total. The third-order valence-electron chi connectivity index (χ3n) is 3.20. The van der Waals surface area contributed by atoms with Gasteiger partial charge in [0.1, 0.15) is 0 Å². The van der Waals surface area contributed by atoms with Gasteiger partial charge in [-0.25, -0.2) is 0 Å². The average Bonchev–Trinajstić information content (AvgIpc) is 2.71. The minimum absolute atomic E-state index is 0.912. The SMILES string of the molecule is CCc1nn(C)cc1-c1ccc(CNC)cc1C. The van der Waals surface area contributed by atoms with E-state index in [-0.39, 0.29) is 0 Å². The fraction of sp³-hybridized carbons (Fsp3) is 0.400. The Bertz CT molecular complexity index is 541. The second-order valence-electron chi connectivity index (χ2n) is 4.70. The fourth-order valence-electron chi connectivity index (χ4n) is 2.36. The molecule has 1 aromatic heterocycles. The van der Waals surface area contributed by atoms with Crippen LogP contribution in [0.3, 0.4) is 0 Å². The van der Waals surface area contributed by atoms with Gasteiger partial charge in [0.05, 0.1) is 5.69 Å². The highest BCUT2D eigenvalue weighted by molar-refractivity contribution is 5.69. The molecule has 2 rings (SSSR count). The van der Waals surface area contributed by atoms with Gasteiger partial charge in [-0.3, -0.25) is 4.68 Å². The van der Waals surface area contributed by atoms with Crippen LogP contribution in [0.15, 0.2) is 24.4 Å². The van der Waals surface area contributed by atoms with Crippen molar-refractivity contribution in [1.29, 1.82) is 0 Å². The van der Waals surface area contributed by atoms with Crippen LogP contribution in [0.25, 0.3) is 11.1 Å². The zero-order valence-electron chi connectivity index (χ0n) is 11.6. The second kappa shape index (κ2) is 5.36. The smallest absolute Gasteiger partial charge is 0.0700 e. The third kappa shape index (κ3) is 2.46. The van der Waals surface area contributed by atoms with Crippen molar-refractivity contribution in [2.75, 3.05) is 7.05 Å². The molecule has 1 heterocycles. The second-order valence-corrected chi connectivity index (χ2v) is 4.70. The average molecular weight is 243 g/mol. The summed E-state index contributed by atoms with van der Waals surface area (Å²) in [5, 5.41) is 7.69. The van der Waals surface area contributed by atoms with Crippen LogP contribution in [0.5, 0.6) is 0 Å². The number of hydrogen-bond acceptors (Lipinski definition) is 2. The number of nitrogens with one attached hydrogen (secondary N) is 1. The molecule has 0 saturated heterocycles. The molecule has 96 valence electrons. The van der Waals surface area contributed by atoms with Crippen molar-refractivity contribution in [2.45, 2.75) is 26.8 Å². The topological polar surface area (TPSA) is 29.9 Å². The van der Waals surface area contributed by atoms with Crippen molar-refractivity contribution in [3.63, 3.8) is 0 Å². The Hall–Kier alpha value is -1.61. The maximum Gasteiger partial charge on any atom is 0.0700 e. The molecular formula is C15H21N3. The van der Waals surface area contributed by atoms with Gasteiger partial charge in [-0.15, -0.1) is 0 Å². The van der Waals surface area contributed by atoms with Gasteiger partial charge in [-0.2, -0.15) is 5.10 Å². The lowest BCUT2D eigenvalue weighted by Crippen LogP contribution is -2.05. The zero-order valence-corrected chi connectivity index (χ0v) is 11.6. The third-order valence-corrected chi connectivity index (χ3v) is 3.20. The van der Waals surface area contributed by atoms with Gasteiger partial charge >= 0.3 is 0 Å². The van der Waals surface area contributed by atoms with Crippen LogP contribution in [-0.4, -0.2) is 16.8 Å². The molecule has 0 spiro atoms. The van der Waals surface area contributed by atoms with Gasteiger partial charge in [-0.05, 0) is 37.1 Å². The number of hydrogen-bond donors (Lipinski definition) is 1. The first kappa shape index (κ1) is 12.8. The van der Waals surface area contributed by atoms with Gasteiger partial charge in [-0.1, -0.05) is 25.1 Å². The van der Waals surface area contributed by atoms with Crippen LogP contribution in [0.2, 0.25) is 0 Å². The van der Waals surface area contributed by atoms with E-state index in [1.165, 1.54) is 27.9 Å². The van der Waals surface area contributed by atoms with Crippen molar-refractivity contribution in [3.8, 4) is 11.1 Å². The van der Waals surface area contributed by atoms with E-state index in [1.807, 2.05) is 18.8 Å². The highest BCUT2D eigenvalue weighted by Crippen LogP contribution is 2.27. The largest absolute Gasteiger partial charge is 0.316 e. The molecule has 0 amide bonds. The molecule has 18 heavy (non-hydrogen) atoms. The molecule has 0 aliphatic heterocycles. The number of nitrogens with zero attached hydrogens (tertiary/aromatic N) is 2. The first-order valence-corrected chi connectivity index (χ1v) is 6.42. The zero-order chi connectivity index (χ0) is 13.1. The standard InChI is InChI=1S/C15H21N3/c1-5-15-14(10-18(4)17-15)13-7-6-12(9-16-3)8-11(13)2/h6-8,10,16H,5,9H2,1-4H3. The molecule has 3 nitrogen and oxygen atoms in total. The maximum absolute atomic E-state index is 4.51. The number of aromatic nitrogens is 2. The predicted molar refractivity (Wildman–Crippen MR) is 75.5 cm³/mol. The van der Waals surface area contributed by atoms with Crippen LogP contribution in [0, 0.1) is 6.92 Å². The molecule has 0 aliphatic rings. The van der Waals surface area contributed by atoms with Crippen LogP contribution >= 0.6 is 0 Å². The summed E-state index contributed by atoms with van der Waals surface area (Å²) < 4.78 is 1.90. The van der Waals surface area contributed by atoms with Gasteiger partial charge < -0.3 is 5.32 Å². The quantitative estimate of drug-likeness (QED) is 0.894. The highest BCUT2D eigenvalue weighted by atomic mass is 15.2. The Balaban J connectivity index is 2.44. The van der Waals surface area contributed by atoms with E-state index in [0.717, 1.165) is 13.0 Å². The lowest BCUT2D eigenvalue weighted by Gasteiger charge is -2.08. The molecule has 0 atom stereocenters. The molecular weight excluding hydrogens is 222 g/mol. The monoisotopic (exact) mass is 243 g/mol. The Kier molecular flexibility index (Phi) is 3.82. The molecule has 1 aromatic carbocycles. The summed E-state index contributed by atoms with van der Waals surface area (Å²) in [6, 6.07) is 6.64. The van der Waals surface area contributed by atoms with Gasteiger partial charge in [0.2, 0.25) is 0 Å². The first-order valence-electron chi connectivity index (χ1n) is 6.42. The number of aryl methyl sites for hydroxylation is 3. The van der Waals surface area contributed by atoms with E-state index < -0.39 is 0 Å². The van der Waals surface area contributed by atoms with Gasteiger partial charge in [0, 0.05) is 25.4 Å². The summed E-state index contributed by atoms with van der Waals surface area (Å²) in [4.78, 5) is 0. The Morgan fingerprint density at radius 2 is 2.06 bits per heavy atom. The molecule has 0 unspecified atom stereocenters. The van der Waals surface area contributed by atoms with Gasteiger partial charge in [0.15, 0.2) is 0 Å². The molecule has 0 saturated carbocycles.